The largest absolute Gasteiger partial charge is 0.392 e. The van der Waals surface area contributed by atoms with Gasteiger partial charge in [-0.1, -0.05) is 40.2 Å². The average molecular weight is 213 g/mol. The molecule has 0 aromatic heterocycles. The highest BCUT2D eigenvalue weighted by Gasteiger charge is 1.88. The van der Waals surface area contributed by atoms with Gasteiger partial charge in [0.2, 0.25) is 0 Å². The van der Waals surface area contributed by atoms with Gasteiger partial charge in [-0.2, -0.15) is 0 Å². The minimum absolute atomic E-state index is 0.109. The summed E-state index contributed by atoms with van der Waals surface area (Å²) in [5.74, 6) is 0. The van der Waals surface area contributed by atoms with E-state index in [1.54, 1.807) is 4.99 Å². The Labute approximate surface area is 74.5 Å². The number of rotatable bonds is 2. The van der Waals surface area contributed by atoms with E-state index in [0.29, 0.717) is 0 Å². The molecule has 1 N–H and O–H groups in total. The molecule has 0 saturated heterocycles. The molecule has 1 rings (SSSR count). The summed E-state index contributed by atoms with van der Waals surface area (Å²) in [4.78, 5) is 1.81. The van der Waals surface area contributed by atoms with Crippen LogP contribution in [-0.2, 0) is 6.61 Å². The lowest BCUT2D eigenvalue weighted by Gasteiger charge is -1.95. The first-order valence-corrected chi connectivity index (χ1v) is 4.25. The fraction of sp³-hybridized carbons (Fsp3) is 0.111. The predicted molar refractivity (Wildman–Crippen MR) is 50.3 cm³/mol. The Morgan fingerprint density at radius 2 is 1.91 bits per heavy atom. The van der Waals surface area contributed by atoms with E-state index in [2.05, 4.69) is 15.9 Å². The van der Waals surface area contributed by atoms with E-state index < -0.39 is 0 Å². The molecule has 0 atom stereocenters. The fourth-order valence-electron chi connectivity index (χ4n) is 0.807. The monoisotopic (exact) mass is 212 g/mol. The molecule has 0 amide bonds. The maximum atomic E-state index is 8.73. The second-order valence-electron chi connectivity index (χ2n) is 2.19. The minimum Gasteiger partial charge on any atom is -0.392 e. The summed E-state index contributed by atoms with van der Waals surface area (Å²) in [6.07, 6.45) is 1.95. The molecular formula is C9H9BrO. The molecular weight excluding hydrogens is 204 g/mol. The van der Waals surface area contributed by atoms with Gasteiger partial charge in [0.15, 0.2) is 0 Å². The van der Waals surface area contributed by atoms with Crippen molar-refractivity contribution in [1.29, 1.82) is 0 Å². The van der Waals surface area contributed by atoms with Crippen molar-refractivity contribution < 1.29 is 5.11 Å². The van der Waals surface area contributed by atoms with Crippen molar-refractivity contribution in [2.45, 2.75) is 6.61 Å². The average Bonchev–Trinajstić information content (AvgIpc) is 2.07. The SMILES string of the molecule is OCc1ccc(/C=C/Br)cc1. The quantitative estimate of drug-likeness (QED) is 0.800. The van der Waals surface area contributed by atoms with Crippen LogP contribution in [0.4, 0.5) is 0 Å². The number of aliphatic hydroxyl groups is 1. The number of halogens is 1. The second-order valence-corrected chi connectivity index (χ2v) is 2.72. The third-order valence-electron chi connectivity index (χ3n) is 1.42. The molecule has 1 aromatic rings. The molecule has 0 aliphatic heterocycles. The Bertz CT molecular complexity index is 238. The van der Waals surface area contributed by atoms with Crippen molar-refractivity contribution in [3.8, 4) is 0 Å². The van der Waals surface area contributed by atoms with Crippen LogP contribution in [0.5, 0.6) is 0 Å². The number of hydrogen-bond acceptors (Lipinski definition) is 1. The predicted octanol–water partition coefficient (Wildman–Crippen LogP) is 2.54. The molecule has 0 bridgehead atoms. The van der Waals surface area contributed by atoms with Crippen molar-refractivity contribution in [1.82, 2.24) is 0 Å². The van der Waals surface area contributed by atoms with E-state index in [9.17, 15) is 0 Å². The van der Waals surface area contributed by atoms with Gasteiger partial charge in [-0.05, 0) is 22.2 Å². The molecule has 0 heterocycles. The molecule has 0 radical (unpaired) electrons. The van der Waals surface area contributed by atoms with Crippen LogP contribution >= 0.6 is 15.9 Å². The summed E-state index contributed by atoms with van der Waals surface area (Å²) in [5, 5.41) is 8.73. The Morgan fingerprint density at radius 1 is 1.27 bits per heavy atom. The van der Waals surface area contributed by atoms with Gasteiger partial charge in [-0.3, -0.25) is 0 Å². The van der Waals surface area contributed by atoms with Crippen LogP contribution in [0, 0.1) is 0 Å². The third kappa shape index (κ3) is 2.48. The lowest BCUT2D eigenvalue weighted by molar-refractivity contribution is 0.282. The van der Waals surface area contributed by atoms with Crippen LogP contribution in [0.1, 0.15) is 11.1 Å². The van der Waals surface area contributed by atoms with Crippen molar-refractivity contribution in [3.63, 3.8) is 0 Å². The van der Waals surface area contributed by atoms with Gasteiger partial charge in [0.1, 0.15) is 0 Å². The van der Waals surface area contributed by atoms with Crippen LogP contribution in [0.25, 0.3) is 6.08 Å². The van der Waals surface area contributed by atoms with Gasteiger partial charge in [-0.15, -0.1) is 0 Å². The van der Waals surface area contributed by atoms with E-state index in [4.69, 9.17) is 5.11 Å². The first-order valence-electron chi connectivity index (χ1n) is 3.33. The maximum absolute atomic E-state index is 8.73. The smallest absolute Gasteiger partial charge is 0.0681 e. The summed E-state index contributed by atoms with van der Waals surface area (Å²) >= 11 is 3.19. The molecule has 58 valence electrons. The van der Waals surface area contributed by atoms with Gasteiger partial charge in [0.05, 0.1) is 6.61 Å². The molecule has 1 nitrogen and oxygen atoms in total. The molecule has 1 aromatic carbocycles. The highest BCUT2D eigenvalue weighted by atomic mass is 79.9. The van der Waals surface area contributed by atoms with Crippen molar-refractivity contribution >= 4 is 22.0 Å². The standard InChI is InChI=1S/C9H9BrO/c10-6-5-8-1-3-9(7-11)4-2-8/h1-6,11H,7H2/b6-5+. The molecule has 11 heavy (non-hydrogen) atoms. The van der Waals surface area contributed by atoms with E-state index in [0.717, 1.165) is 11.1 Å². The highest BCUT2D eigenvalue weighted by Crippen LogP contribution is 2.06. The van der Waals surface area contributed by atoms with Crippen LogP contribution in [0.15, 0.2) is 29.3 Å². The number of aliphatic hydroxyl groups excluding tert-OH is 1. The van der Waals surface area contributed by atoms with E-state index in [1.807, 2.05) is 30.3 Å². The van der Waals surface area contributed by atoms with E-state index in [1.165, 1.54) is 0 Å². The topological polar surface area (TPSA) is 20.2 Å². The van der Waals surface area contributed by atoms with Gasteiger partial charge in [0, 0.05) is 0 Å². The molecule has 0 unspecified atom stereocenters. The van der Waals surface area contributed by atoms with Crippen LogP contribution in [0.3, 0.4) is 0 Å². The lowest BCUT2D eigenvalue weighted by atomic mass is 10.1. The van der Waals surface area contributed by atoms with Gasteiger partial charge < -0.3 is 5.11 Å². The Balaban J connectivity index is 2.82. The molecule has 0 aliphatic rings. The molecule has 0 spiro atoms. The van der Waals surface area contributed by atoms with Gasteiger partial charge in [-0.25, -0.2) is 0 Å². The maximum Gasteiger partial charge on any atom is 0.0681 e. The second kappa shape index (κ2) is 4.31. The zero-order chi connectivity index (χ0) is 8.10. The van der Waals surface area contributed by atoms with Gasteiger partial charge >= 0.3 is 0 Å². The first-order chi connectivity index (χ1) is 5.36. The first kappa shape index (κ1) is 8.50. The molecule has 2 heteroatoms. The van der Waals surface area contributed by atoms with Crippen molar-refractivity contribution in [2.24, 2.45) is 0 Å². The molecule has 0 aliphatic carbocycles. The number of benzene rings is 1. The molecule has 0 saturated carbocycles. The summed E-state index contributed by atoms with van der Waals surface area (Å²) < 4.78 is 0. The summed E-state index contributed by atoms with van der Waals surface area (Å²) in [6, 6.07) is 7.73. The summed E-state index contributed by atoms with van der Waals surface area (Å²) in [5.41, 5.74) is 2.07. The van der Waals surface area contributed by atoms with E-state index in [-0.39, 0.29) is 6.61 Å². The Kier molecular flexibility index (Phi) is 3.33. The Hall–Kier alpha value is -0.600. The lowest BCUT2D eigenvalue weighted by Crippen LogP contribution is -1.81. The Morgan fingerprint density at radius 3 is 2.36 bits per heavy atom. The van der Waals surface area contributed by atoms with Crippen LogP contribution in [-0.4, -0.2) is 5.11 Å². The highest BCUT2D eigenvalue weighted by molar-refractivity contribution is 9.11. The van der Waals surface area contributed by atoms with Crippen molar-refractivity contribution in [2.75, 3.05) is 0 Å². The zero-order valence-corrected chi connectivity index (χ0v) is 7.58. The zero-order valence-electron chi connectivity index (χ0n) is 6.00. The van der Waals surface area contributed by atoms with Crippen LogP contribution < -0.4 is 0 Å². The third-order valence-corrected chi connectivity index (χ3v) is 1.68. The summed E-state index contributed by atoms with van der Waals surface area (Å²) in [6.45, 7) is 0.109. The fourth-order valence-corrected chi connectivity index (χ4v) is 1.11. The van der Waals surface area contributed by atoms with Crippen molar-refractivity contribution in [3.05, 3.63) is 40.4 Å². The number of hydrogen-bond donors (Lipinski definition) is 1. The summed E-state index contributed by atoms with van der Waals surface area (Å²) in [7, 11) is 0. The van der Waals surface area contributed by atoms with Gasteiger partial charge in [0.25, 0.3) is 0 Å². The molecule has 0 fully saturated rings. The van der Waals surface area contributed by atoms with Crippen LogP contribution in [0.2, 0.25) is 0 Å². The van der Waals surface area contributed by atoms with E-state index >= 15 is 0 Å². The minimum atomic E-state index is 0.109. The normalized spacial score (nSPS) is 10.7.